The number of rotatable bonds is 6. The molecule has 5 heteroatoms. The van der Waals surface area contributed by atoms with Crippen molar-refractivity contribution in [3.05, 3.63) is 17.0 Å². The number of aromatic amines is 1. The first-order valence-electron chi connectivity index (χ1n) is 8.43. The van der Waals surface area contributed by atoms with Crippen LogP contribution in [-0.2, 0) is 9.53 Å². The molecule has 0 spiro atoms. The van der Waals surface area contributed by atoms with Gasteiger partial charge in [-0.25, -0.2) is 0 Å². The maximum absolute atomic E-state index is 12.6. The Hall–Kier alpha value is -1.36. The van der Waals surface area contributed by atoms with Gasteiger partial charge in [0.25, 0.3) is 0 Å². The van der Waals surface area contributed by atoms with Gasteiger partial charge >= 0.3 is 0 Å². The molecule has 0 saturated carbocycles. The number of aromatic nitrogens is 2. The molecule has 2 atom stereocenters. The minimum absolute atomic E-state index is 0.197. The fraction of sp³-hybridized carbons (Fsp3) is 0.765. The normalized spacial score (nSPS) is 20.2. The maximum Gasteiger partial charge on any atom is 0.223 e. The molecular formula is C17H29N3O2. The molecular weight excluding hydrogens is 278 g/mol. The topological polar surface area (TPSA) is 58.2 Å². The van der Waals surface area contributed by atoms with Gasteiger partial charge in [0.1, 0.15) is 0 Å². The zero-order valence-corrected chi connectivity index (χ0v) is 14.3. The van der Waals surface area contributed by atoms with E-state index in [4.69, 9.17) is 4.74 Å². The molecule has 0 radical (unpaired) electrons. The van der Waals surface area contributed by atoms with Gasteiger partial charge in [-0.2, -0.15) is 5.10 Å². The van der Waals surface area contributed by atoms with E-state index < -0.39 is 0 Å². The number of H-pyrrole nitrogens is 1. The average molecular weight is 307 g/mol. The van der Waals surface area contributed by atoms with Crippen molar-refractivity contribution in [2.75, 3.05) is 19.7 Å². The Balaban J connectivity index is 1.91. The van der Waals surface area contributed by atoms with Crippen molar-refractivity contribution in [1.82, 2.24) is 15.1 Å². The number of likely N-dealkylation sites (tertiary alicyclic amines) is 1. The van der Waals surface area contributed by atoms with Crippen molar-refractivity contribution in [2.45, 2.75) is 65.4 Å². The van der Waals surface area contributed by atoms with Gasteiger partial charge < -0.3 is 9.64 Å². The molecule has 5 nitrogen and oxygen atoms in total. The summed E-state index contributed by atoms with van der Waals surface area (Å²) in [5, 5.41) is 7.24. The lowest BCUT2D eigenvalue weighted by molar-refractivity contribution is -0.135. The van der Waals surface area contributed by atoms with E-state index in [-0.39, 0.29) is 17.9 Å². The van der Waals surface area contributed by atoms with E-state index in [0.717, 1.165) is 50.3 Å². The number of nitrogens with one attached hydrogen (secondary N) is 1. The van der Waals surface area contributed by atoms with Gasteiger partial charge in [-0.05, 0) is 44.6 Å². The molecule has 1 N–H and O–H groups in total. The number of hydrogen-bond donors (Lipinski definition) is 1. The Labute approximate surface area is 133 Å². The Bertz CT molecular complexity index is 479. The fourth-order valence-corrected chi connectivity index (χ4v) is 3.36. The first-order valence-corrected chi connectivity index (χ1v) is 8.43. The minimum atomic E-state index is 0.197. The zero-order chi connectivity index (χ0) is 16.1. The first-order chi connectivity index (χ1) is 10.5. The summed E-state index contributed by atoms with van der Waals surface area (Å²) in [4.78, 5) is 14.6. The van der Waals surface area contributed by atoms with Crippen LogP contribution in [0.5, 0.6) is 0 Å². The molecule has 0 bridgehead atoms. The van der Waals surface area contributed by atoms with Crippen molar-refractivity contribution < 1.29 is 9.53 Å². The van der Waals surface area contributed by atoms with Crippen LogP contribution in [0.2, 0.25) is 0 Å². The fourth-order valence-electron chi connectivity index (χ4n) is 3.36. The number of ether oxygens (including phenoxy) is 1. The lowest BCUT2D eigenvalue weighted by Gasteiger charge is -2.33. The molecule has 0 aliphatic carbocycles. The molecule has 1 saturated heterocycles. The third kappa shape index (κ3) is 4.09. The van der Waals surface area contributed by atoms with Crippen LogP contribution in [0.3, 0.4) is 0 Å². The molecule has 2 heterocycles. The molecule has 22 heavy (non-hydrogen) atoms. The van der Waals surface area contributed by atoms with Crippen LogP contribution < -0.4 is 0 Å². The van der Waals surface area contributed by atoms with Gasteiger partial charge in [0, 0.05) is 31.8 Å². The summed E-state index contributed by atoms with van der Waals surface area (Å²) >= 11 is 0. The third-order valence-electron chi connectivity index (χ3n) is 4.45. The molecule has 2 rings (SSSR count). The lowest BCUT2D eigenvalue weighted by Crippen LogP contribution is -2.43. The number of carbonyl (C=O) groups is 1. The predicted molar refractivity (Wildman–Crippen MR) is 86.9 cm³/mol. The van der Waals surface area contributed by atoms with Crippen LogP contribution in [0.4, 0.5) is 0 Å². The maximum atomic E-state index is 12.6. The standard InChI is InChI=1S/C17H29N3O2/c1-5-9-22-15-7-6-8-20(11-15)16(21)10-12(2)17-13(3)18-19-14(17)4/h12,15H,5-11H2,1-4H3,(H,18,19)/t12-,15-/m1/s1. The first kappa shape index (κ1) is 17.0. The van der Waals surface area contributed by atoms with Crippen molar-refractivity contribution in [2.24, 2.45) is 0 Å². The van der Waals surface area contributed by atoms with E-state index in [1.54, 1.807) is 0 Å². The van der Waals surface area contributed by atoms with Crippen molar-refractivity contribution >= 4 is 5.91 Å². The SMILES string of the molecule is CCCO[C@@H]1CCCN(C(=O)C[C@@H](C)c2c(C)n[nH]c2C)C1. The number of nitrogens with zero attached hydrogens (tertiary/aromatic N) is 2. The summed E-state index contributed by atoms with van der Waals surface area (Å²) in [6, 6.07) is 0. The highest BCUT2D eigenvalue weighted by Crippen LogP contribution is 2.26. The second-order valence-electron chi connectivity index (χ2n) is 6.43. The van der Waals surface area contributed by atoms with E-state index in [0.29, 0.717) is 6.42 Å². The Morgan fingerprint density at radius 1 is 1.50 bits per heavy atom. The number of aryl methyl sites for hydroxylation is 2. The van der Waals surface area contributed by atoms with Gasteiger partial charge in [-0.15, -0.1) is 0 Å². The summed E-state index contributed by atoms with van der Waals surface area (Å²) in [5.74, 6) is 0.431. The van der Waals surface area contributed by atoms with E-state index in [9.17, 15) is 4.79 Å². The summed E-state index contributed by atoms with van der Waals surface area (Å²) in [7, 11) is 0. The summed E-state index contributed by atoms with van der Waals surface area (Å²) in [6.45, 7) is 10.6. The predicted octanol–water partition coefficient (Wildman–Crippen LogP) is 2.94. The molecule has 1 aromatic heterocycles. The summed E-state index contributed by atoms with van der Waals surface area (Å²) in [6.07, 6.45) is 3.89. The second kappa shape index (κ2) is 7.77. The van der Waals surface area contributed by atoms with Crippen LogP contribution in [0.15, 0.2) is 0 Å². The number of piperidine rings is 1. The molecule has 1 fully saturated rings. The molecule has 0 aromatic carbocycles. The highest BCUT2D eigenvalue weighted by molar-refractivity contribution is 5.77. The third-order valence-corrected chi connectivity index (χ3v) is 4.45. The average Bonchev–Trinajstić information content (AvgIpc) is 2.84. The summed E-state index contributed by atoms with van der Waals surface area (Å²) in [5.41, 5.74) is 3.25. The van der Waals surface area contributed by atoms with Crippen molar-refractivity contribution in [3.63, 3.8) is 0 Å². The van der Waals surface area contributed by atoms with E-state index in [1.165, 1.54) is 5.56 Å². The molecule has 0 unspecified atom stereocenters. The van der Waals surface area contributed by atoms with Crippen molar-refractivity contribution in [3.8, 4) is 0 Å². The van der Waals surface area contributed by atoms with Gasteiger partial charge in [-0.3, -0.25) is 9.89 Å². The smallest absolute Gasteiger partial charge is 0.223 e. The molecule has 1 aliphatic heterocycles. The number of amides is 1. The molecule has 1 aromatic rings. The van der Waals surface area contributed by atoms with Gasteiger partial charge in [0.05, 0.1) is 11.8 Å². The number of carbonyl (C=O) groups excluding carboxylic acids is 1. The van der Waals surface area contributed by atoms with Gasteiger partial charge in [0.2, 0.25) is 5.91 Å². The minimum Gasteiger partial charge on any atom is -0.376 e. The highest BCUT2D eigenvalue weighted by atomic mass is 16.5. The largest absolute Gasteiger partial charge is 0.376 e. The van der Waals surface area contributed by atoms with E-state index >= 15 is 0 Å². The Morgan fingerprint density at radius 3 is 2.91 bits per heavy atom. The monoisotopic (exact) mass is 307 g/mol. The van der Waals surface area contributed by atoms with Gasteiger partial charge in [0.15, 0.2) is 0 Å². The van der Waals surface area contributed by atoms with Crippen LogP contribution in [0.25, 0.3) is 0 Å². The highest BCUT2D eigenvalue weighted by Gasteiger charge is 2.26. The van der Waals surface area contributed by atoms with Gasteiger partial charge in [-0.1, -0.05) is 13.8 Å². The summed E-state index contributed by atoms with van der Waals surface area (Å²) < 4.78 is 5.82. The Morgan fingerprint density at radius 2 is 2.27 bits per heavy atom. The molecule has 1 amide bonds. The van der Waals surface area contributed by atoms with Crippen LogP contribution >= 0.6 is 0 Å². The van der Waals surface area contributed by atoms with Crippen LogP contribution in [-0.4, -0.2) is 46.8 Å². The lowest BCUT2D eigenvalue weighted by atomic mass is 9.95. The Kier molecular flexibility index (Phi) is 6.00. The van der Waals surface area contributed by atoms with Crippen molar-refractivity contribution in [1.29, 1.82) is 0 Å². The molecule has 1 aliphatic rings. The van der Waals surface area contributed by atoms with E-state index in [2.05, 4.69) is 24.0 Å². The quantitative estimate of drug-likeness (QED) is 0.879. The second-order valence-corrected chi connectivity index (χ2v) is 6.43. The zero-order valence-electron chi connectivity index (χ0n) is 14.3. The van der Waals surface area contributed by atoms with E-state index in [1.807, 2.05) is 18.7 Å². The van der Waals surface area contributed by atoms with Crippen LogP contribution in [0.1, 0.15) is 62.4 Å². The number of hydrogen-bond acceptors (Lipinski definition) is 3. The van der Waals surface area contributed by atoms with Crippen LogP contribution in [0, 0.1) is 13.8 Å². The molecule has 124 valence electrons.